The van der Waals surface area contributed by atoms with Crippen molar-refractivity contribution < 1.29 is 14.3 Å². The fraction of sp³-hybridized carbons (Fsp3) is 0.600. The maximum atomic E-state index is 11.3. The second-order valence-electron chi connectivity index (χ2n) is 3.67. The molecule has 76 valence electrons. The quantitative estimate of drug-likeness (QED) is 0.495. The van der Waals surface area contributed by atoms with Gasteiger partial charge in [0, 0.05) is 12.6 Å². The highest BCUT2D eigenvalue weighted by Crippen LogP contribution is 2.37. The van der Waals surface area contributed by atoms with E-state index in [-0.39, 0.29) is 11.9 Å². The van der Waals surface area contributed by atoms with Gasteiger partial charge in [0.1, 0.15) is 0 Å². The Morgan fingerprint density at radius 2 is 2.36 bits per heavy atom. The smallest absolute Gasteiger partial charge is 0.333 e. The minimum atomic E-state index is -0.719. The molecule has 0 aromatic heterocycles. The molecule has 1 atom stereocenters. The van der Waals surface area contributed by atoms with Crippen LogP contribution in [0.5, 0.6) is 0 Å². The third-order valence-corrected chi connectivity index (χ3v) is 2.65. The van der Waals surface area contributed by atoms with Gasteiger partial charge in [-0.1, -0.05) is 13.3 Å². The summed E-state index contributed by atoms with van der Waals surface area (Å²) in [6, 6.07) is 0. The molecular formula is C10H13NO3. The number of esters is 1. The van der Waals surface area contributed by atoms with Crippen molar-refractivity contribution >= 4 is 11.9 Å². The number of β-lactam (4-membered cyclic amide) rings is 1. The topological polar surface area (TPSA) is 46.6 Å². The molecule has 0 aromatic rings. The van der Waals surface area contributed by atoms with Gasteiger partial charge in [0.15, 0.2) is 0 Å². The number of likely N-dealkylation sites (tertiary alicyclic amines) is 1. The zero-order chi connectivity index (χ0) is 10.2. The highest BCUT2D eigenvalue weighted by molar-refractivity contribution is 5.92. The van der Waals surface area contributed by atoms with E-state index in [9.17, 15) is 9.59 Å². The van der Waals surface area contributed by atoms with Gasteiger partial charge < -0.3 is 9.64 Å². The molecule has 2 aliphatic heterocycles. The Kier molecular flexibility index (Phi) is 2.06. The Hall–Kier alpha value is -1.32. The molecule has 0 aliphatic carbocycles. The molecule has 0 bridgehead atoms. The number of rotatable bonds is 3. The van der Waals surface area contributed by atoms with Crippen LogP contribution in [0.1, 0.15) is 26.2 Å². The fourth-order valence-electron chi connectivity index (χ4n) is 1.84. The van der Waals surface area contributed by atoms with Crippen LogP contribution in [0.4, 0.5) is 0 Å². The number of unbranched alkanes of at least 4 members (excludes halogenated alkanes) is 1. The highest BCUT2D eigenvalue weighted by atomic mass is 16.6. The first-order chi connectivity index (χ1) is 6.68. The molecule has 0 radical (unpaired) electrons. The Bertz CT molecular complexity index is 310. The van der Waals surface area contributed by atoms with E-state index >= 15 is 0 Å². The van der Waals surface area contributed by atoms with E-state index in [1.165, 1.54) is 6.08 Å². The lowest BCUT2D eigenvalue weighted by Crippen LogP contribution is -2.63. The van der Waals surface area contributed by atoms with Gasteiger partial charge in [0.25, 0.3) is 0 Å². The third kappa shape index (κ3) is 1.22. The molecule has 0 aromatic carbocycles. The Labute approximate surface area is 82.5 Å². The number of hydrogen-bond donors (Lipinski definition) is 0. The molecule has 1 fully saturated rings. The van der Waals surface area contributed by atoms with Crippen LogP contribution < -0.4 is 0 Å². The van der Waals surface area contributed by atoms with E-state index in [0.29, 0.717) is 13.0 Å². The molecule has 1 unspecified atom stereocenters. The SMILES string of the molecule is CCCCN1C(=O)CC12C=CC(=O)O2. The minimum Gasteiger partial charge on any atom is -0.431 e. The van der Waals surface area contributed by atoms with Gasteiger partial charge in [-0.15, -0.1) is 0 Å². The summed E-state index contributed by atoms with van der Waals surface area (Å²) in [6.45, 7) is 2.74. The Morgan fingerprint density at radius 3 is 2.86 bits per heavy atom. The largest absolute Gasteiger partial charge is 0.431 e. The van der Waals surface area contributed by atoms with Gasteiger partial charge in [-0.2, -0.15) is 0 Å². The van der Waals surface area contributed by atoms with Crippen molar-refractivity contribution in [2.75, 3.05) is 6.54 Å². The van der Waals surface area contributed by atoms with Gasteiger partial charge in [0.05, 0.1) is 6.42 Å². The summed E-state index contributed by atoms with van der Waals surface area (Å²) >= 11 is 0. The summed E-state index contributed by atoms with van der Waals surface area (Å²) in [4.78, 5) is 23.9. The zero-order valence-electron chi connectivity index (χ0n) is 8.16. The summed E-state index contributed by atoms with van der Waals surface area (Å²) in [5, 5.41) is 0. The number of ether oxygens (including phenoxy) is 1. The maximum Gasteiger partial charge on any atom is 0.333 e. The first kappa shape index (κ1) is 9.24. The van der Waals surface area contributed by atoms with Crippen molar-refractivity contribution in [3.63, 3.8) is 0 Å². The van der Waals surface area contributed by atoms with Crippen LogP contribution >= 0.6 is 0 Å². The van der Waals surface area contributed by atoms with Gasteiger partial charge >= 0.3 is 5.97 Å². The van der Waals surface area contributed by atoms with Crippen LogP contribution in [0.15, 0.2) is 12.2 Å². The monoisotopic (exact) mass is 195 g/mol. The molecule has 0 N–H and O–H groups in total. The molecule has 1 amide bonds. The Balaban J connectivity index is 2.04. The van der Waals surface area contributed by atoms with Crippen LogP contribution in [-0.2, 0) is 14.3 Å². The van der Waals surface area contributed by atoms with Crippen molar-refractivity contribution in [3.05, 3.63) is 12.2 Å². The average Bonchev–Trinajstić information content (AvgIpc) is 2.50. The first-order valence-corrected chi connectivity index (χ1v) is 4.90. The fourth-order valence-corrected chi connectivity index (χ4v) is 1.84. The number of amides is 1. The number of carbonyl (C=O) groups excluding carboxylic acids is 2. The van der Waals surface area contributed by atoms with E-state index in [1.807, 2.05) is 0 Å². The number of nitrogens with zero attached hydrogens (tertiary/aromatic N) is 1. The van der Waals surface area contributed by atoms with Gasteiger partial charge in [-0.3, -0.25) is 4.79 Å². The predicted molar refractivity (Wildman–Crippen MR) is 49.2 cm³/mol. The molecular weight excluding hydrogens is 182 g/mol. The average molecular weight is 195 g/mol. The van der Waals surface area contributed by atoms with Gasteiger partial charge in [-0.25, -0.2) is 4.79 Å². The van der Waals surface area contributed by atoms with Crippen molar-refractivity contribution in [3.8, 4) is 0 Å². The van der Waals surface area contributed by atoms with Crippen LogP contribution in [0.2, 0.25) is 0 Å². The molecule has 2 aliphatic rings. The number of hydrogen-bond acceptors (Lipinski definition) is 3. The lowest BCUT2D eigenvalue weighted by Gasteiger charge is -2.46. The van der Waals surface area contributed by atoms with Crippen molar-refractivity contribution in [2.24, 2.45) is 0 Å². The molecule has 4 heteroatoms. The molecule has 2 rings (SSSR count). The normalized spacial score (nSPS) is 29.6. The standard InChI is InChI=1S/C10H13NO3/c1-2-3-6-11-8(12)7-10(11)5-4-9(13)14-10/h4-5H,2-3,6-7H2,1H3. The van der Waals surface area contributed by atoms with E-state index in [4.69, 9.17) is 4.74 Å². The van der Waals surface area contributed by atoms with Crippen LogP contribution in [0.25, 0.3) is 0 Å². The first-order valence-electron chi connectivity index (χ1n) is 4.90. The highest BCUT2D eigenvalue weighted by Gasteiger charge is 2.54. The molecule has 1 saturated heterocycles. The lowest BCUT2D eigenvalue weighted by molar-refractivity contribution is -0.196. The number of carbonyl (C=O) groups is 2. The molecule has 2 heterocycles. The summed E-state index contributed by atoms with van der Waals surface area (Å²) in [5.41, 5.74) is -0.719. The van der Waals surface area contributed by atoms with Gasteiger partial charge in [-0.05, 0) is 12.5 Å². The summed E-state index contributed by atoms with van der Waals surface area (Å²) < 4.78 is 5.12. The second kappa shape index (κ2) is 3.12. The van der Waals surface area contributed by atoms with E-state index in [1.54, 1.807) is 11.0 Å². The lowest BCUT2D eigenvalue weighted by atomic mass is 9.96. The van der Waals surface area contributed by atoms with E-state index < -0.39 is 5.72 Å². The minimum absolute atomic E-state index is 0.0674. The van der Waals surface area contributed by atoms with Crippen molar-refractivity contribution in [1.82, 2.24) is 4.90 Å². The summed E-state index contributed by atoms with van der Waals surface area (Å²) in [5.74, 6) is -0.281. The van der Waals surface area contributed by atoms with E-state index in [0.717, 1.165) is 12.8 Å². The van der Waals surface area contributed by atoms with Crippen LogP contribution in [-0.4, -0.2) is 29.0 Å². The molecule has 14 heavy (non-hydrogen) atoms. The van der Waals surface area contributed by atoms with Crippen molar-refractivity contribution in [1.29, 1.82) is 0 Å². The molecule has 1 spiro atoms. The maximum absolute atomic E-state index is 11.3. The van der Waals surface area contributed by atoms with Gasteiger partial charge in [0.2, 0.25) is 11.6 Å². The predicted octanol–water partition coefficient (Wildman–Crippen LogP) is 0.828. The van der Waals surface area contributed by atoms with Crippen LogP contribution in [0, 0.1) is 0 Å². The zero-order valence-corrected chi connectivity index (χ0v) is 8.16. The Morgan fingerprint density at radius 1 is 1.57 bits per heavy atom. The van der Waals surface area contributed by atoms with Crippen LogP contribution in [0.3, 0.4) is 0 Å². The van der Waals surface area contributed by atoms with Crippen molar-refractivity contribution in [2.45, 2.75) is 31.9 Å². The molecule has 4 nitrogen and oxygen atoms in total. The summed E-state index contributed by atoms with van der Waals surface area (Å²) in [6.07, 6.45) is 5.35. The third-order valence-electron chi connectivity index (χ3n) is 2.65. The van der Waals surface area contributed by atoms with E-state index in [2.05, 4.69) is 6.92 Å². The second-order valence-corrected chi connectivity index (χ2v) is 3.67. The summed E-state index contributed by atoms with van der Waals surface area (Å²) in [7, 11) is 0. The molecule has 0 saturated carbocycles.